The molecule has 0 fully saturated rings. The molecular formula is C11H16N4OS. The number of methoxy groups -OCH3 is 1. The largest absolute Gasteiger partial charge is 0.481 e. The quantitative estimate of drug-likeness (QED) is 0.898. The second kappa shape index (κ2) is 4.83. The Hall–Kier alpha value is -1.43. The van der Waals surface area contributed by atoms with Crippen molar-refractivity contribution in [1.82, 2.24) is 14.5 Å². The van der Waals surface area contributed by atoms with Gasteiger partial charge in [0.05, 0.1) is 7.11 Å². The summed E-state index contributed by atoms with van der Waals surface area (Å²) in [5.74, 6) is 1.08. The van der Waals surface area contributed by atoms with E-state index in [0.29, 0.717) is 17.1 Å². The summed E-state index contributed by atoms with van der Waals surface area (Å²) in [5, 5.41) is 0.461. The van der Waals surface area contributed by atoms with E-state index < -0.39 is 0 Å². The van der Waals surface area contributed by atoms with Crippen molar-refractivity contribution in [3.05, 3.63) is 12.1 Å². The van der Waals surface area contributed by atoms with Gasteiger partial charge in [-0.25, -0.2) is 4.98 Å². The maximum absolute atomic E-state index is 5.91. The molecule has 0 aliphatic carbocycles. The second-order valence-corrected chi connectivity index (χ2v) is 5.10. The number of anilines is 1. The first kappa shape index (κ1) is 12.0. The molecule has 0 saturated carbocycles. The van der Waals surface area contributed by atoms with Crippen molar-refractivity contribution in [2.24, 2.45) is 0 Å². The van der Waals surface area contributed by atoms with Gasteiger partial charge >= 0.3 is 0 Å². The van der Waals surface area contributed by atoms with Crippen molar-refractivity contribution >= 4 is 28.9 Å². The predicted octanol–water partition coefficient (Wildman–Crippen LogP) is 1.77. The van der Waals surface area contributed by atoms with Crippen LogP contribution in [0, 0.1) is 0 Å². The third kappa shape index (κ3) is 2.31. The highest BCUT2D eigenvalue weighted by atomic mass is 32.2. The van der Waals surface area contributed by atoms with Crippen LogP contribution in [0.1, 0.15) is 6.92 Å². The molecule has 1 atom stereocenters. The molecule has 0 spiro atoms. The Morgan fingerprint density at radius 1 is 1.47 bits per heavy atom. The van der Waals surface area contributed by atoms with Gasteiger partial charge in [0.15, 0.2) is 5.65 Å². The highest BCUT2D eigenvalue weighted by Gasteiger charge is 2.12. The van der Waals surface area contributed by atoms with Crippen LogP contribution in [0.4, 0.5) is 5.95 Å². The first-order valence-corrected chi connectivity index (χ1v) is 6.64. The lowest BCUT2D eigenvalue weighted by molar-refractivity contribution is 0.399. The van der Waals surface area contributed by atoms with E-state index in [4.69, 9.17) is 10.5 Å². The summed E-state index contributed by atoms with van der Waals surface area (Å²) >= 11 is 1.79. The molecule has 0 aliphatic heterocycles. The molecule has 0 aromatic carbocycles. The zero-order valence-electron chi connectivity index (χ0n) is 10.2. The highest BCUT2D eigenvalue weighted by molar-refractivity contribution is 7.99. The molecule has 0 bridgehead atoms. The van der Waals surface area contributed by atoms with Gasteiger partial charge in [-0.05, 0) is 12.3 Å². The van der Waals surface area contributed by atoms with Crippen molar-refractivity contribution in [2.75, 3.05) is 19.1 Å². The first-order chi connectivity index (χ1) is 8.15. The molecule has 0 saturated heterocycles. The summed E-state index contributed by atoms with van der Waals surface area (Å²) in [6, 6.07) is 3.66. The van der Waals surface area contributed by atoms with Gasteiger partial charge in [0.25, 0.3) is 0 Å². The molecule has 2 aromatic rings. The Balaban J connectivity index is 2.48. The molecule has 5 nitrogen and oxygen atoms in total. The van der Waals surface area contributed by atoms with Crippen LogP contribution in [0.5, 0.6) is 5.88 Å². The number of aromatic nitrogens is 3. The molecular weight excluding hydrogens is 236 g/mol. The van der Waals surface area contributed by atoms with E-state index in [-0.39, 0.29) is 0 Å². The van der Waals surface area contributed by atoms with E-state index >= 15 is 0 Å². The fourth-order valence-electron chi connectivity index (χ4n) is 1.63. The van der Waals surface area contributed by atoms with Crippen LogP contribution in [-0.4, -0.2) is 33.2 Å². The lowest BCUT2D eigenvalue weighted by Gasteiger charge is -2.11. The average Bonchev–Trinajstić information content (AvgIpc) is 2.65. The summed E-state index contributed by atoms with van der Waals surface area (Å²) in [6.45, 7) is 2.94. The maximum atomic E-state index is 5.91. The van der Waals surface area contributed by atoms with E-state index in [1.807, 2.05) is 10.6 Å². The van der Waals surface area contributed by atoms with Gasteiger partial charge in [0.2, 0.25) is 11.8 Å². The summed E-state index contributed by atoms with van der Waals surface area (Å²) in [5.41, 5.74) is 7.49. The van der Waals surface area contributed by atoms with Crippen molar-refractivity contribution in [1.29, 1.82) is 0 Å². The van der Waals surface area contributed by atoms with Crippen LogP contribution in [0.2, 0.25) is 0 Å². The molecule has 2 rings (SSSR count). The number of fused-ring (bicyclic) bond motifs is 1. The number of rotatable bonds is 4. The molecule has 0 radical (unpaired) electrons. The Labute approximate surface area is 104 Å². The Morgan fingerprint density at radius 2 is 2.24 bits per heavy atom. The van der Waals surface area contributed by atoms with Crippen LogP contribution < -0.4 is 10.5 Å². The van der Waals surface area contributed by atoms with Crippen LogP contribution in [0.3, 0.4) is 0 Å². The molecule has 2 heterocycles. The first-order valence-electron chi connectivity index (χ1n) is 5.35. The number of thioether (sulfide) groups is 1. The number of nitrogens with zero attached hydrogens (tertiary/aromatic N) is 3. The van der Waals surface area contributed by atoms with Gasteiger partial charge in [-0.15, -0.1) is 0 Å². The Morgan fingerprint density at radius 3 is 2.88 bits per heavy atom. The Kier molecular flexibility index (Phi) is 3.42. The third-order valence-corrected chi connectivity index (χ3v) is 3.60. The van der Waals surface area contributed by atoms with Crippen LogP contribution in [0.15, 0.2) is 12.1 Å². The molecule has 1 unspecified atom stereocenters. The van der Waals surface area contributed by atoms with Gasteiger partial charge in [0, 0.05) is 17.9 Å². The predicted molar refractivity (Wildman–Crippen MR) is 71.5 cm³/mol. The van der Waals surface area contributed by atoms with E-state index in [1.165, 1.54) is 0 Å². The molecule has 17 heavy (non-hydrogen) atoms. The van der Waals surface area contributed by atoms with E-state index in [0.717, 1.165) is 17.7 Å². The molecule has 2 N–H and O–H groups in total. The fraction of sp³-hybridized carbons (Fsp3) is 0.455. The lowest BCUT2D eigenvalue weighted by Crippen LogP contribution is -2.12. The topological polar surface area (TPSA) is 66.0 Å². The number of pyridine rings is 1. The van der Waals surface area contributed by atoms with E-state index in [1.54, 1.807) is 24.9 Å². The summed E-state index contributed by atoms with van der Waals surface area (Å²) in [6.07, 6.45) is 2.08. The molecule has 6 heteroatoms. The average molecular weight is 252 g/mol. The van der Waals surface area contributed by atoms with Gasteiger partial charge in [0.1, 0.15) is 5.52 Å². The second-order valence-electron chi connectivity index (χ2n) is 3.82. The van der Waals surface area contributed by atoms with E-state index in [9.17, 15) is 0 Å². The third-order valence-electron chi connectivity index (χ3n) is 2.65. The minimum Gasteiger partial charge on any atom is -0.481 e. The van der Waals surface area contributed by atoms with Gasteiger partial charge in [-0.3, -0.25) is 4.57 Å². The number of hydrogen-bond acceptors (Lipinski definition) is 5. The molecule has 2 aromatic heterocycles. The van der Waals surface area contributed by atoms with Crippen LogP contribution >= 0.6 is 11.8 Å². The van der Waals surface area contributed by atoms with Crippen molar-refractivity contribution in [3.8, 4) is 5.88 Å². The number of nitrogen functional groups attached to an aromatic ring is 1. The molecule has 92 valence electrons. The van der Waals surface area contributed by atoms with Crippen molar-refractivity contribution in [2.45, 2.75) is 18.7 Å². The molecule has 0 amide bonds. The molecule has 0 aliphatic rings. The number of ether oxygens (including phenoxy) is 1. The van der Waals surface area contributed by atoms with Gasteiger partial charge in [-0.1, -0.05) is 6.92 Å². The SMILES string of the molecule is COc1ccc2nc(N)n(CC(C)SC)c2n1. The number of hydrogen-bond donors (Lipinski definition) is 1. The smallest absolute Gasteiger partial charge is 0.215 e. The van der Waals surface area contributed by atoms with Crippen LogP contribution in [-0.2, 0) is 6.54 Å². The number of imidazole rings is 1. The summed E-state index contributed by atoms with van der Waals surface area (Å²) in [4.78, 5) is 8.68. The Bertz CT molecular complexity index is 525. The van der Waals surface area contributed by atoms with Crippen molar-refractivity contribution in [3.63, 3.8) is 0 Å². The van der Waals surface area contributed by atoms with Crippen LogP contribution in [0.25, 0.3) is 11.2 Å². The minimum absolute atomic E-state index is 0.461. The number of nitrogens with two attached hydrogens (primary N) is 1. The lowest BCUT2D eigenvalue weighted by atomic mass is 10.4. The summed E-state index contributed by atoms with van der Waals surface area (Å²) < 4.78 is 7.05. The zero-order valence-corrected chi connectivity index (χ0v) is 11.0. The minimum atomic E-state index is 0.461. The zero-order chi connectivity index (χ0) is 12.4. The highest BCUT2D eigenvalue weighted by Crippen LogP contribution is 2.21. The van der Waals surface area contributed by atoms with Gasteiger partial charge < -0.3 is 10.5 Å². The maximum Gasteiger partial charge on any atom is 0.215 e. The fourth-order valence-corrected chi connectivity index (χ4v) is 1.93. The normalized spacial score (nSPS) is 12.9. The van der Waals surface area contributed by atoms with E-state index in [2.05, 4.69) is 23.1 Å². The summed E-state index contributed by atoms with van der Waals surface area (Å²) in [7, 11) is 1.60. The standard InChI is InChI=1S/C11H16N4OS/c1-7(17-3)6-15-10-8(13-11(15)12)4-5-9(14-10)16-2/h4-5,7H,6H2,1-3H3,(H2,12,13). The monoisotopic (exact) mass is 252 g/mol. The van der Waals surface area contributed by atoms with Gasteiger partial charge in [-0.2, -0.15) is 16.7 Å². The van der Waals surface area contributed by atoms with Crippen molar-refractivity contribution < 1.29 is 4.74 Å².